The van der Waals surface area contributed by atoms with Gasteiger partial charge >= 0.3 is 0 Å². The summed E-state index contributed by atoms with van der Waals surface area (Å²) in [5, 5.41) is 7.27. The zero-order valence-electron chi connectivity index (χ0n) is 15.5. The average molecular weight is 469 g/mol. The summed E-state index contributed by atoms with van der Waals surface area (Å²) >= 11 is 4.84. The van der Waals surface area contributed by atoms with Crippen LogP contribution in [0.3, 0.4) is 0 Å². The van der Waals surface area contributed by atoms with Crippen LogP contribution in [0.4, 0.5) is 5.13 Å². The highest BCUT2D eigenvalue weighted by molar-refractivity contribution is 9.10. The summed E-state index contributed by atoms with van der Waals surface area (Å²) in [5.41, 5.74) is 1.71. The number of rotatable bonds is 6. The minimum atomic E-state index is -0.255. The molecule has 0 bridgehead atoms. The first-order valence-corrected chi connectivity index (χ1v) is 10.5. The highest BCUT2D eigenvalue weighted by Crippen LogP contribution is 2.32. The molecular formula is C22H17BrN2O3S. The van der Waals surface area contributed by atoms with Gasteiger partial charge < -0.3 is 9.47 Å². The van der Waals surface area contributed by atoms with E-state index in [9.17, 15) is 4.79 Å². The van der Waals surface area contributed by atoms with Gasteiger partial charge in [-0.2, -0.15) is 0 Å². The van der Waals surface area contributed by atoms with Gasteiger partial charge in [-0.1, -0.05) is 36.4 Å². The number of thiazole rings is 1. The molecule has 1 amide bonds. The Bertz CT molecular complexity index is 1170. The second-order valence-electron chi connectivity index (χ2n) is 6.20. The van der Waals surface area contributed by atoms with Crippen LogP contribution in [0.5, 0.6) is 11.5 Å². The molecule has 4 aromatic rings. The Morgan fingerprint density at radius 1 is 1.10 bits per heavy atom. The Hall–Kier alpha value is -2.90. The average Bonchev–Trinajstić information content (AvgIpc) is 3.20. The van der Waals surface area contributed by atoms with E-state index < -0.39 is 0 Å². The first-order chi connectivity index (χ1) is 14.1. The molecule has 5 nitrogen and oxygen atoms in total. The number of halogens is 1. The van der Waals surface area contributed by atoms with Crippen molar-refractivity contribution in [2.24, 2.45) is 0 Å². The molecule has 0 aliphatic carbocycles. The molecule has 0 fully saturated rings. The maximum Gasteiger partial charge on any atom is 0.264 e. The van der Waals surface area contributed by atoms with Gasteiger partial charge in [-0.3, -0.25) is 10.1 Å². The van der Waals surface area contributed by atoms with Gasteiger partial charge in [-0.15, -0.1) is 11.3 Å². The van der Waals surface area contributed by atoms with Gasteiger partial charge in [-0.25, -0.2) is 4.98 Å². The van der Waals surface area contributed by atoms with Gasteiger partial charge in [0, 0.05) is 16.3 Å². The quantitative estimate of drug-likeness (QED) is 0.391. The number of carbonyl (C=O) groups excluding carboxylic acids is 1. The number of benzene rings is 3. The van der Waals surface area contributed by atoms with E-state index in [1.54, 1.807) is 7.11 Å². The molecule has 3 aromatic carbocycles. The van der Waals surface area contributed by atoms with Gasteiger partial charge in [0.1, 0.15) is 11.5 Å². The molecule has 4 rings (SSSR count). The molecule has 29 heavy (non-hydrogen) atoms. The number of amides is 1. The first kappa shape index (κ1) is 19.4. The predicted octanol–water partition coefficient (Wildman–Crippen LogP) is 5.75. The van der Waals surface area contributed by atoms with E-state index >= 15 is 0 Å². The maximum absolute atomic E-state index is 12.3. The zero-order chi connectivity index (χ0) is 20.2. The fourth-order valence-corrected chi connectivity index (χ4v) is 4.19. The second kappa shape index (κ2) is 8.63. The fraction of sp³-hybridized carbons (Fsp3) is 0.0909. The van der Waals surface area contributed by atoms with Crippen molar-refractivity contribution in [3.8, 4) is 22.8 Å². The third kappa shape index (κ3) is 4.41. The van der Waals surface area contributed by atoms with Crippen molar-refractivity contribution in [3.63, 3.8) is 0 Å². The summed E-state index contributed by atoms with van der Waals surface area (Å²) in [6.45, 7) is -0.0863. The first-order valence-electron chi connectivity index (χ1n) is 8.84. The van der Waals surface area contributed by atoms with Crippen LogP contribution in [0, 0.1) is 0 Å². The zero-order valence-corrected chi connectivity index (χ0v) is 17.9. The molecule has 0 radical (unpaired) electrons. The van der Waals surface area contributed by atoms with Crippen molar-refractivity contribution in [1.82, 2.24) is 4.98 Å². The topological polar surface area (TPSA) is 60.5 Å². The Labute approximate surface area is 180 Å². The summed E-state index contributed by atoms with van der Waals surface area (Å²) < 4.78 is 11.8. The van der Waals surface area contributed by atoms with Gasteiger partial charge in [-0.05, 0) is 45.6 Å². The normalized spacial score (nSPS) is 10.7. The van der Waals surface area contributed by atoms with E-state index in [-0.39, 0.29) is 12.5 Å². The number of hydrogen-bond donors (Lipinski definition) is 1. The molecule has 146 valence electrons. The molecule has 0 unspecified atom stereocenters. The summed E-state index contributed by atoms with van der Waals surface area (Å²) in [4.78, 5) is 16.8. The lowest BCUT2D eigenvalue weighted by atomic mass is 10.1. The number of ether oxygens (including phenoxy) is 2. The van der Waals surface area contributed by atoms with Crippen molar-refractivity contribution in [2.75, 3.05) is 19.0 Å². The van der Waals surface area contributed by atoms with Crippen molar-refractivity contribution in [1.29, 1.82) is 0 Å². The number of fused-ring (bicyclic) bond motifs is 1. The van der Waals surface area contributed by atoms with Crippen LogP contribution in [-0.2, 0) is 4.79 Å². The number of nitrogens with zero attached hydrogens (tertiary/aromatic N) is 1. The minimum Gasteiger partial charge on any atom is -0.496 e. The van der Waals surface area contributed by atoms with E-state index in [0.717, 1.165) is 32.3 Å². The van der Waals surface area contributed by atoms with Gasteiger partial charge in [0.05, 0.1) is 17.3 Å². The SMILES string of the molecule is COc1ccc(-c2csc(NC(=O)COc3cccc4ccccc34)n2)cc1Br. The Kier molecular flexibility index (Phi) is 5.78. The van der Waals surface area contributed by atoms with Crippen LogP contribution in [0.2, 0.25) is 0 Å². The molecule has 7 heteroatoms. The van der Waals surface area contributed by atoms with Crippen molar-refractivity contribution >= 4 is 49.1 Å². The van der Waals surface area contributed by atoms with E-state index in [4.69, 9.17) is 9.47 Å². The molecule has 0 saturated carbocycles. The van der Waals surface area contributed by atoms with Gasteiger partial charge in [0.25, 0.3) is 5.91 Å². The van der Waals surface area contributed by atoms with Crippen LogP contribution in [-0.4, -0.2) is 24.6 Å². The number of hydrogen-bond acceptors (Lipinski definition) is 5. The summed E-state index contributed by atoms with van der Waals surface area (Å²) in [7, 11) is 1.62. The third-order valence-corrected chi connectivity index (χ3v) is 5.68. The van der Waals surface area contributed by atoms with Crippen molar-refractivity contribution < 1.29 is 14.3 Å². The van der Waals surface area contributed by atoms with Crippen LogP contribution in [0.25, 0.3) is 22.0 Å². The van der Waals surface area contributed by atoms with Crippen LogP contribution in [0.1, 0.15) is 0 Å². The standard InChI is InChI=1S/C22H17BrN2O3S/c1-27-20-10-9-15(11-17(20)23)18-13-29-22(24-18)25-21(26)12-28-19-8-4-6-14-5-2-3-7-16(14)19/h2-11,13H,12H2,1H3,(H,24,25,26). The third-order valence-electron chi connectivity index (χ3n) is 4.31. The fourth-order valence-electron chi connectivity index (χ4n) is 2.91. The molecule has 0 aliphatic heterocycles. The summed E-state index contributed by atoms with van der Waals surface area (Å²) in [6.07, 6.45) is 0. The minimum absolute atomic E-state index is 0.0863. The number of aromatic nitrogens is 1. The van der Waals surface area contributed by atoms with Crippen LogP contribution in [0.15, 0.2) is 70.5 Å². The lowest BCUT2D eigenvalue weighted by Crippen LogP contribution is -2.20. The molecule has 1 N–H and O–H groups in total. The lowest BCUT2D eigenvalue weighted by Gasteiger charge is -2.08. The van der Waals surface area contributed by atoms with Crippen molar-refractivity contribution in [3.05, 3.63) is 70.5 Å². The monoisotopic (exact) mass is 468 g/mol. The molecular weight excluding hydrogens is 452 g/mol. The van der Waals surface area contributed by atoms with Crippen LogP contribution >= 0.6 is 27.3 Å². The number of anilines is 1. The van der Waals surface area contributed by atoms with Gasteiger partial charge in [0.2, 0.25) is 0 Å². The molecule has 0 aliphatic rings. The van der Waals surface area contributed by atoms with E-state index in [1.165, 1.54) is 11.3 Å². The lowest BCUT2D eigenvalue weighted by molar-refractivity contribution is -0.118. The molecule has 0 atom stereocenters. The Morgan fingerprint density at radius 3 is 2.76 bits per heavy atom. The summed E-state index contributed by atoms with van der Waals surface area (Å²) in [6, 6.07) is 19.4. The predicted molar refractivity (Wildman–Crippen MR) is 120 cm³/mol. The highest BCUT2D eigenvalue weighted by Gasteiger charge is 2.11. The van der Waals surface area contributed by atoms with E-state index in [2.05, 4.69) is 26.2 Å². The molecule has 0 saturated heterocycles. The van der Waals surface area contributed by atoms with E-state index in [0.29, 0.717) is 10.9 Å². The highest BCUT2D eigenvalue weighted by atomic mass is 79.9. The number of nitrogens with one attached hydrogen (secondary N) is 1. The summed E-state index contributed by atoms with van der Waals surface area (Å²) in [5.74, 6) is 1.18. The number of carbonyl (C=O) groups is 1. The molecule has 0 spiro atoms. The van der Waals surface area contributed by atoms with E-state index in [1.807, 2.05) is 66.0 Å². The number of methoxy groups -OCH3 is 1. The largest absolute Gasteiger partial charge is 0.496 e. The second-order valence-corrected chi connectivity index (χ2v) is 7.91. The molecule has 1 heterocycles. The maximum atomic E-state index is 12.3. The van der Waals surface area contributed by atoms with Gasteiger partial charge in [0.15, 0.2) is 11.7 Å². The van der Waals surface area contributed by atoms with Crippen LogP contribution < -0.4 is 14.8 Å². The Balaban J connectivity index is 1.41. The van der Waals surface area contributed by atoms with Crippen molar-refractivity contribution in [2.45, 2.75) is 0 Å². The molecule has 1 aromatic heterocycles. The Morgan fingerprint density at radius 2 is 1.93 bits per heavy atom. The smallest absolute Gasteiger partial charge is 0.264 e.